The Morgan fingerprint density at radius 2 is 2.00 bits per heavy atom. The maximum Gasteiger partial charge on any atom is 0.410 e. The van der Waals surface area contributed by atoms with E-state index in [1.54, 1.807) is 27.8 Å². The van der Waals surface area contributed by atoms with E-state index in [1.807, 2.05) is 6.07 Å². The number of nitrogens with zero attached hydrogens (tertiary/aromatic N) is 2. The molecule has 0 aromatic heterocycles. The van der Waals surface area contributed by atoms with E-state index in [9.17, 15) is 9.59 Å². The highest BCUT2D eigenvalue weighted by Crippen LogP contribution is 2.19. The number of aromatic carboxylic acids is 1. The molecule has 1 N–H and O–H groups in total. The number of likely N-dealkylation sites (N-methyl/N-ethyl adjacent to an activating group) is 1. The summed E-state index contributed by atoms with van der Waals surface area (Å²) < 4.78 is 10.7. The Morgan fingerprint density at radius 1 is 1.35 bits per heavy atom. The highest BCUT2D eigenvalue weighted by molar-refractivity contribution is 5.88. The molecule has 0 aliphatic rings. The van der Waals surface area contributed by atoms with E-state index >= 15 is 0 Å². The topological polar surface area (TPSA) is 99.9 Å². The molecule has 1 aromatic carbocycles. The summed E-state index contributed by atoms with van der Waals surface area (Å²) >= 11 is 0. The van der Waals surface area contributed by atoms with Gasteiger partial charge in [0.2, 0.25) is 0 Å². The van der Waals surface area contributed by atoms with Crippen LogP contribution in [0.1, 0.15) is 36.7 Å². The third kappa shape index (κ3) is 5.87. The molecule has 0 aliphatic carbocycles. The molecular formula is C16H20N2O5. The number of carbonyl (C=O) groups is 2. The van der Waals surface area contributed by atoms with Gasteiger partial charge in [0.15, 0.2) is 0 Å². The van der Waals surface area contributed by atoms with Gasteiger partial charge < -0.3 is 19.5 Å². The van der Waals surface area contributed by atoms with E-state index < -0.39 is 17.7 Å². The van der Waals surface area contributed by atoms with Crippen LogP contribution in [0.15, 0.2) is 18.2 Å². The summed E-state index contributed by atoms with van der Waals surface area (Å²) in [5.41, 5.74) is -0.433. The fourth-order valence-electron chi connectivity index (χ4n) is 1.60. The summed E-state index contributed by atoms with van der Waals surface area (Å²) in [6.45, 7) is 5.74. The molecule has 124 valence electrons. The van der Waals surface area contributed by atoms with Gasteiger partial charge in [0.25, 0.3) is 0 Å². The van der Waals surface area contributed by atoms with Crippen molar-refractivity contribution in [2.75, 3.05) is 20.2 Å². The first-order valence-corrected chi connectivity index (χ1v) is 6.98. The molecule has 0 unspecified atom stereocenters. The third-order valence-corrected chi connectivity index (χ3v) is 2.74. The van der Waals surface area contributed by atoms with Crippen molar-refractivity contribution in [2.24, 2.45) is 0 Å². The molecule has 23 heavy (non-hydrogen) atoms. The van der Waals surface area contributed by atoms with Crippen molar-refractivity contribution in [3.63, 3.8) is 0 Å². The van der Waals surface area contributed by atoms with Crippen molar-refractivity contribution < 1.29 is 24.2 Å². The molecule has 0 radical (unpaired) electrons. The number of hydrogen-bond acceptors (Lipinski definition) is 5. The first-order chi connectivity index (χ1) is 10.6. The molecule has 7 nitrogen and oxygen atoms in total. The molecule has 0 aliphatic heterocycles. The zero-order chi connectivity index (χ0) is 17.6. The Morgan fingerprint density at radius 3 is 2.52 bits per heavy atom. The minimum atomic E-state index is -1.11. The molecule has 1 rings (SSSR count). The lowest BCUT2D eigenvalue weighted by molar-refractivity contribution is 0.0278. The van der Waals surface area contributed by atoms with Gasteiger partial charge in [0.05, 0.1) is 17.7 Å². The van der Waals surface area contributed by atoms with E-state index in [0.29, 0.717) is 0 Å². The summed E-state index contributed by atoms with van der Waals surface area (Å²) in [6.07, 6.45) is -0.470. The second-order valence-electron chi connectivity index (χ2n) is 5.88. The minimum Gasteiger partial charge on any atom is -0.490 e. The third-order valence-electron chi connectivity index (χ3n) is 2.74. The molecule has 7 heteroatoms. The SMILES string of the molecule is CN(CCOc1ccc(C(=O)O)cc1C#N)C(=O)OC(C)(C)C. The van der Waals surface area contributed by atoms with E-state index in [0.717, 1.165) is 0 Å². The fraction of sp³-hybridized carbons (Fsp3) is 0.438. The monoisotopic (exact) mass is 320 g/mol. The van der Waals surface area contributed by atoms with Crippen LogP contribution in [0.4, 0.5) is 4.79 Å². The summed E-state index contributed by atoms with van der Waals surface area (Å²) in [6, 6.07) is 5.92. The first-order valence-electron chi connectivity index (χ1n) is 6.98. The number of carbonyl (C=O) groups excluding carboxylic acids is 1. The molecule has 0 bridgehead atoms. The number of benzene rings is 1. The summed E-state index contributed by atoms with van der Waals surface area (Å²) in [4.78, 5) is 24.0. The fourth-order valence-corrected chi connectivity index (χ4v) is 1.60. The van der Waals surface area contributed by atoms with Crippen LogP contribution in [0.25, 0.3) is 0 Å². The second kappa shape index (κ2) is 7.49. The van der Waals surface area contributed by atoms with Gasteiger partial charge in [0.1, 0.15) is 24.0 Å². The average Bonchev–Trinajstić information content (AvgIpc) is 2.45. The van der Waals surface area contributed by atoms with Crippen LogP contribution in [0.2, 0.25) is 0 Å². The Balaban J connectivity index is 2.61. The van der Waals surface area contributed by atoms with Crippen molar-refractivity contribution in [2.45, 2.75) is 26.4 Å². The van der Waals surface area contributed by atoms with Crippen LogP contribution < -0.4 is 4.74 Å². The number of carboxylic acids is 1. The maximum absolute atomic E-state index is 11.8. The number of carboxylic acid groups (broad SMARTS) is 1. The maximum atomic E-state index is 11.8. The molecule has 0 atom stereocenters. The van der Waals surface area contributed by atoms with Gasteiger partial charge in [-0.15, -0.1) is 0 Å². The lowest BCUT2D eigenvalue weighted by atomic mass is 10.1. The predicted octanol–water partition coefficient (Wildman–Crippen LogP) is 2.50. The molecule has 0 saturated carbocycles. The van der Waals surface area contributed by atoms with E-state index in [2.05, 4.69) is 0 Å². The Kier molecular flexibility index (Phi) is 5.96. The highest BCUT2D eigenvalue weighted by atomic mass is 16.6. The molecule has 0 spiro atoms. The van der Waals surface area contributed by atoms with Crippen LogP contribution in [0.5, 0.6) is 5.75 Å². The van der Waals surface area contributed by atoms with Crippen LogP contribution >= 0.6 is 0 Å². The number of rotatable bonds is 5. The van der Waals surface area contributed by atoms with E-state index in [1.165, 1.54) is 23.1 Å². The van der Waals surface area contributed by atoms with E-state index in [-0.39, 0.29) is 30.0 Å². The van der Waals surface area contributed by atoms with Crippen molar-refractivity contribution in [1.29, 1.82) is 5.26 Å². The summed E-state index contributed by atoms with van der Waals surface area (Å²) in [7, 11) is 1.58. The Hall–Kier alpha value is -2.75. The van der Waals surface area contributed by atoms with Crippen molar-refractivity contribution in [3.8, 4) is 11.8 Å². The molecule has 0 heterocycles. The number of ether oxygens (including phenoxy) is 2. The highest BCUT2D eigenvalue weighted by Gasteiger charge is 2.19. The van der Waals surface area contributed by atoms with Gasteiger partial charge in [-0.3, -0.25) is 0 Å². The lowest BCUT2D eigenvalue weighted by Crippen LogP contribution is -2.36. The zero-order valence-electron chi connectivity index (χ0n) is 13.6. The number of amides is 1. The minimum absolute atomic E-state index is 0.0137. The number of hydrogen-bond donors (Lipinski definition) is 1. The largest absolute Gasteiger partial charge is 0.490 e. The summed E-state index contributed by atoms with van der Waals surface area (Å²) in [5, 5.41) is 17.9. The Bertz CT molecular complexity index is 628. The predicted molar refractivity (Wildman–Crippen MR) is 82.5 cm³/mol. The first kappa shape index (κ1) is 18.3. The average molecular weight is 320 g/mol. The van der Waals surface area contributed by atoms with Crippen molar-refractivity contribution in [3.05, 3.63) is 29.3 Å². The number of nitriles is 1. The van der Waals surface area contributed by atoms with Gasteiger partial charge in [-0.25, -0.2) is 9.59 Å². The Labute approximate surface area is 135 Å². The molecule has 0 saturated heterocycles. The van der Waals surface area contributed by atoms with Crippen LogP contribution in [-0.2, 0) is 4.74 Å². The van der Waals surface area contributed by atoms with Crippen LogP contribution in [0, 0.1) is 11.3 Å². The van der Waals surface area contributed by atoms with Gasteiger partial charge in [0, 0.05) is 7.05 Å². The second-order valence-corrected chi connectivity index (χ2v) is 5.88. The normalized spacial score (nSPS) is 10.6. The van der Waals surface area contributed by atoms with Gasteiger partial charge >= 0.3 is 12.1 Å². The van der Waals surface area contributed by atoms with Crippen molar-refractivity contribution >= 4 is 12.1 Å². The van der Waals surface area contributed by atoms with Crippen LogP contribution in [-0.4, -0.2) is 47.9 Å². The van der Waals surface area contributed by atoms with Gasteiger partial charge in [-0.2, -0.15) is 5.26 Å². The zero-order valence-corrected chi connectivity index (χ0v) is 13.6. The van der Waals surface area contributed by atoms with Gasteiger partial charge in [-0.05, 0) is 39.0 Å². The molecule has 1 amide bonds. The summed E-state index contributed by atoms with van der Waals surface area (Å²) in [5.74, 6) is -0.840. The molecule has 0 fully saturated rings. The lowest BCUT2D eigenvalue weighted by Gasteiger charge is -2.24. The van der Waals surface area contributed by atoms with E-state index in [4.69, 9.17) is 19.8 Å². The van der Waals surface area contributed by atoms with Gasteiger partial charge in [-0.1, -0.05) is 0 Å². The smallest absolute Gasteiger partial charge is 0.410 e. The quantitative estimate of drug-likeness (QED) is 0.894. The molecular weight excluding hydrogens is 300 g/mol. The van der Waals surface area contributed by atoms with Crippen molar-refractivity contribution in [1.82, 2.24) is 4.90 Å². The van der Waals surface area contributed by atoms with Crippen LogP contribution in [0.3, 0.4) is 0 Å². The standard InChI is InChI=1S/C16H20N2O5/c1-16(2,3)23-15(21)18(4)7-8-22-13-6-5-11(14(19)20)9-12(13)10-17/h5-6,9H,7-8H2,1-4H3,(H,19,20). The molecule has 1 aromatic rings.